The van der Waals surface area contributed by atoms with Crippen LogP contribution in [0.25, 0.3) is 0 Å². The summed E-state index contributed by atoms with van der Waals surface area (Å²) in [6.07, 6.45) is 24.1. The van der Waals surface area contributed by atoms with Gasteiger partial charge in [-0.2, -0.15) is 0 Å². The molecule has 0 heterocycles. The Hall–Kier alpha value is -1.48. The van der Waals surface area contributed by atoms with Crippen molar-refractivity contribution in [1.29, 1.82) is 0 Å². The molecule has 9 N–H and O–H groups in total. The van der Waals surface area contributed by atoms with Gasteiger partial charge < -0.3 is 46.0 Å². The van der Waals surface area contributed by atoms with Gasteiger partial charge in [-0.1, -0.05) is 147 Å². The van der Waals surface area contributed by atoms with E-state index in [2.05, 4.69) is 43.5 Å². The van der Waals surface area contributed by atoms with Gasteiger partial charge in [0.25, 0.3) is 0 Å². The van der Waals surface area contributed by atoms with Gasteiger partial charge in [0.15, 0.2) is 0 Å². The van der Waals surface area contributed by atoms with Crippen LogP contribution in [0.3, 0.4) is 0 Å². The van der Waals surface area contributed by atoms with Gasteiger partial charge in [0, 0.05) is 0 Å². The zero-order valence-corrected chi connectivity index (χ0v) is 36.6. The van der Waals surface area contributed by atoms with Crippen LogP contribution in [0.1, 0.15) is 174 Å². The summed E-state index contributed by atoms with van der Waals surface area (Å²) in [5, 5.41) is 74.1. The van der Waals surface area contributed by atoms with Crippen LogP contribution >= 0.6 is 7.82 Å². The Kier molecular flexibility index (Phi) is 32.1. The average molecular weight is 848 g/mol. The third-order valence-corrected chi connectivity index (χ3v) is 11.7. The molecule has 8 atom stereocenters. The second-order valence-electron chi connectivity index (χ2n) is 16.1. The van der Waals surface area contributed by atoms with Gasteiger partial charge in [-0.05, 0) is 57.8 Å². The molecule has 1 fully saturated rings. The molecule has 0 bridgehead atoms. The van der Waals surface area contributed by atoms with Crippen molar-refractivity contribution in [3.63, 3.8) is 0 Å². The van der Waals surface area contributed by atoms with Crippen LogP contribution in [0.4, 0.5) is 0 Å². The number of nitrogens with one attached hydrogen (secondary N) is 1. The van der Waals surface area contributed by atoms with E-state index < -0.39 is 75.2 Å². The summed E-state index contributed by atoms with van der Waals surface area (Å²) in [5.74, 6) is -0.611. The fourth-order valence-corrected chi connectivity index (χ4v) is 7.92. The van der Waals surface area contributed by atoms with E-state index in [0.29, 0.717) is 12.8 Å². The number of amides is 1. The van der Waals surface area contributed by atoms with Crippen molar-refractivity contribution in [2.24, 2.45) is 0 Å². The number of carbonyl (C=O) groups excluding carboxylic acids is 1. The highest BCUT2D eigenvalue weighted by Crippen LogP contribution is 2.47. The second kappa shape index (κ2) is 34.1. The topological polar surface area (TPSA) is 226 Å². The molecule has 0 aromatic rings. The van der Waals surface area contributed by atoms with Crippen molar-refractivity contribution in [2.45, 2.75) is 229 Å². The molecule has 1 aliphatic carbocycles. The molecule has 1 saturated carbocycles. The van der Waals surface area contributed by atoms with Crippen molar-refractivity contribution in [2.75, 3.05) is 6.61 Å². The van der Waals surface area contributed by atoms with Crippen molar-refractivity contribution in [3.05, 3.63) is 36.5 Å². The number of phosphoric ester groups is 1. The summed E-state index contributed by atoms with van der Waals surface area (Å²) in [6, 6.07) is -1.26. The summed E-state index contributed by atoms with van der Waals surface area (Å²) in [5.41, 5.74) is 0. The molecule has 0 saturated heterocycles. The fraction of sp³-hybridized carbons (Fsp3) is 0.841. The largest absolute Gasteiger partial charge is 0.472 e. The van der Waals surface area contributed by atoms with E-state index in [1.54, 1.807) is 6.08 Å². The summed E-state index contributed by atoms with van der Waals surface area (Å²) < 4.78 is 22.7. The number of hydrogen-bond acceptors (Lipinski definition) is 11. The molecule has 13 nitrogen and oxygen atoms in total. The Morgan fingerprint density at radius 3 is 1.55 bits per heavy atom. The number of aliphatic hydroxyl groups excluding tert-OH is 7. The maximum atomic E-state index is 12.9. The highest BCUT2D eigenvalue weighted by Gasteiger charge is 2.51. The van der Waals surface area contributed by atoms with E-state index in [9.17, 15) is 50.0 Å². The van der Waals surface area contributed by atoms with Crippen molar-refractivity contribution >= 4 is 13.7 Å². The molecule has 0 aromatic heterocycles. The molecule has 8 unspecified atom stereocenters. The number of rotatable bonds is 36. The summed E-state index contributed by atoms with van der Waals surface area (Å²) in [7, 11) is -5.14. The van der Waals surface area contributed by atoms with E-state index in [-0.39, 0.29) is 6.42 Å². The molecule has 0 aromatic carbocycles. The van der Waals surface area contributed by atoms with Gasteiger partial charge in [0.05, 0.1) is 31.3 Å². The van der Waals surface area contributed by atoms with Crippen LogP contribution in [0.5, 0.6) is 0 Å². The number of aliphatic hydroxyl groups is 7. The molecular weight excluding hydrogens is 765 g/mol. The number of carbonyl (C=O) groups is 1. The molecule has 14 heteroatoms. The highest BCUT2D eigenvalue weighted by molar-refractivity contribution is 7.47. The zero-order chi connectivity index (χ0) is 43.0. The minimum Gasteiger partial charge on any atom is -0.393 e. The Morgan fingerprint density at radius 2 is 1.02 bits per heavy atom. The average Bonchev–Trinajstić information content (AvgIpc) is 3.19. The van der Waals surface area contributed by atoms with Gasteiger partial charge in [0.2, 0.25) is 5.91 Å². The number of phosphoric acid groups is 1. The number of hydrogen-bond donors (Lipinski definition) is 9. The van der Waals surface area contributed by atoms with Gasteiger partial charge in [0.1, 0.15) is 36.6 Å². The first kappa shape index (κ1) is 54.5. The quantitative estimate of drug-likeness (QED) is 0.0177. The Morgan fingerprint density at radius 1 is 0.603 bits per heavy atom. The smallest absolute Gasteiger partial charge is 0.393 e. The van der Waals surface area contributed by atoms with Crippen LogP contribution < -0.4 is 5.32 Å². The Bertz CT molecular complexity index is 1140. The third-order valence-electron chi connectivity index (χ3n) is 10.7. The normalized spacial score (nSPS) is 24.1. The molecule has 1 aliphatic rings. The number of allylic oxidation sites excluding steroid dienone is 5. The van der Waals surface area contributed by atoms with E-state index in [0.717, 1.165) is 70.6 Å². The SMILES string of the molecule is CCCCC/C=C/CC/C=C/C(O)C(COP(=O)(O)OC1C(O)C(O)C(O)C(O)C1O)NC(=O)CC(O)CCCCCCC/C=C\CCCCCCCCCCCC. The molecule has 1 amide bonds. The van der Waals surface area contributed by atoms with E-state index in [1.165, 1.54) is 76.7 Å². The third kappa shape index (κ3) is 26.0. The van der Waals surface area contributed by atoms with Gasteiger partial charge in [-0.15, -0.1) is 0 Å². The zero-order valence-electron chi connectivity index (χ0n) is 35.7. The van der Waals surface area contributed by atoms with Crippen LogP contribution in [-0.4, -0.2) is 108 Å². The fourth-order valence-electron chi connectivity index (χ4n) is 6.96. The monoisotopic (exact) mass is 848 g/mol. The molecule has 58 heavy (non-hydrogen) atoms. The summed E-state index contributed by atoms with van der Waals surface area (Å²) in [6.45, 7) is 3.65. The Labute approximate surface area is 349 Å². The van der Waals surface area contributed by atoms with Gasteiger partial charge >= 0.3 is 7.82 Å². The lowest BCUT2D eigenvalue weighted by Gasteiger charge is -2.41. The van der Waals surface area contributed by atoms with Crippen LogP contribution in [-0.2, 0) is 18.4 Å². The second-order valence-corrected chi connectivity index (χ2v) is 17.5. The molecule has 0 radical (unpaired) electrons. The molecule has 1 rings (SSSR count). The first-order chi connectivity index (χ1) is 27.8. The lowest BCUT2D eigenvalue weighted by atomic mass is 9.85. The van der Waals surface area contributed by atoms with E-state index in [1.807, 2.05) is 0 Å². The molecule has 340 valence electrons. The minimum atomic E-state index is -5.14. The number of unbranched alkanes of at least 4 members (excludes halogenated alkanes) is 19. The summed E-state index contributed by atoms with van der Waals surface area (Å²) in [4.78, 5) is 23.3. The van der Waals surface area contributed by atoms with Crippen LogP contribution in [0.2, 0.25) is 0 Å². The first-order valence-electron chi connectivity index (χ1n) is 22.5. The molecule has 0 aliphatic heterocycles. The maximum Gasteiger partial charge on any atom is 0.472 e. The van der Waals surface area contributed by atoms with Crippen molar-refractivity contribution < 1.29 is 59.0 Å². The summed E-state index contributed by atoms with van der Waals surface area (Å²) >= 11 is 0. The lowest BCUT2D eigenvalue weighted by molar-refractivity contribution is -0.220. The molecule has 0 spiro atoms. The van der Waals surface area contributed by atoms with E-state index >= 15 is 0 Å². The predicted octanol–water partition coefficient (Wildman–Crippen LogP) is 6.97. The minimum absolute atomic E-state index is 0.258. The van der Waals surface area contributed by atoms with Crippen molar-refractivity contribution in [3.8, 4) is 0 Å². The highest BCUT2D eigenvalue weighted by atomic mass is 31.2. The predicted molar refractivity (Wildman–Crippen MR) is 229 cm³/mol. The lowest BCUT2D eigenvalue weighted by Crippen LogP contribution is -2.64. The molecular formula is C44H82NO12P. The first-order valence-corrected chi connectivity index (χ1v) is 24.0. The Balaban J connectivity index is 2.49. The van der Waals surface area contributed by atoms with Crippen LogP contribution in [0.15, 0.2) is 36.5 Å². The van der Waals surface area contributed by atoms with Gasteiger partial charge in [-0.25, -0.2) is 4.57 Å². The maximum absolute atomic E-state index is 12.9. The van der Waals surface area contributed by atoms with E-state index in [4.69, 9.17) is 9.05 Å². The van der Waals surface area contributed by atoms with Crippen molar-refractivity contribution in [1.82, 2.24) is 5.32 Å². The standard InChI is InChI=1S/C44H82NO12P/c1-3-5-7-9-11-13-14-15-16-17-18-19-20-21-22-24-25-27-29-31-35(46)33-38(48)45-36(37(47)32-30-28-26-23-12-10-8-6-4-2)34-56-58(54,55)57-44-42(52)40(50)39(49)41(51)43(44)53/h12,19-20,23,30,32,35-37,39-44,46-47,49-53H,3-11,13-18,21-22,24-29,31,33-34H2,1-2H3,(H,45,48)(H,54,55)/b20-19-,23-12+,32-30+. The van der Waals surface area contributed by atoms with Gasteiger partial charge in [-0.3, -0.25) is 13.8 Å². The van der Waals surface area contributed by atoms with Crippen LogP contribution in [0, 0.1) is 0 Å².